The van der Waals surface area contributed by atoms with Crippen molar-refractivity contribution in [3.63, 3.8) is 0 Å². The molecule has 0 saturated carbocycles. The minimum atomic E-state index is -4.94. The molecule has 41 heavy (non-hydrogen) atoms. The maximum atomic E-state index is 13.8. The van der Waals surface area contributed by atoms with Gasteiger partial charge < -0.3 is 4.90 Å². The highest BCUT2D eigenvalue weighted by Gasteiger charge is 2.41. The number of amides is 1. The smallest absolute Gasteiger partial charge is 0.344 e. The molecule has 1 aliphatic rings. The fourth-order valence-corrected chi connectivity index (χ4v) is 5.31. The second kappa shape index (κ2) is 12.0. The summed E-state index contributed by atoms with van der Waals surface area (Å²) >= 11 is 0. The van der Waals surface area contributed by atoms with Crippen molar-refractivity contribution in [2.45, 2.75) is 43.1 Å². The third-order valence-corrected chi connectivity index (χ3v) is 7.67. The number of alkyl halides is 6. The van der Waals surface area contributed by atoms with E-state index in [-0.39, 0.29) is 30.5 Å². The van der Waals surface area contributed by atoms with E-state index in [0.717, 1.165) is 5.56 Å². The highest BCUT2D eigenvalue weighted by atomic mass is 19.4. The Bertz CT molecular complexity index is 1340. The Hall–Kier alpha value is -3.84. The predicted octanol–water partition coefficient (Wildman–Crippen LogP) is 7.02. The molecule has 1 saturated heterocycles. The highest BCUT2D eigenvalue weighted by molar-refractivity contribution is 5.83. The molecular formula is C31H29F6N3O. The van der Waals surface area contributed by atoms with E-state index < -0.39 is 34.9 Å². The van der Waals surface area contributed by atoms with E-state index in [4.69, 9.17) is 0 Å². The van der Waals surface area contributed by atoms with Gasteiger partial charge >= 0.3 is 12.4 Å². The standard InChI is InChI=1S/C31H29F6N3O/c1-39(15-12-22-18-25(30(32,33)34)20-26(19-22)31(35,36)37)28(41)27(23-8-4-2-5-9-23)40-16-13-29(21-38,14-17-40)24-10-6-3-7-11-24/h2-11,18-20,27H,12-17H2,1H3. The first-order valence-electron chi connectivity index (χ1n) is 13.1. The average molecular weight is 574 g/mol. The molecule has 4 nitrogen and oxygen atoms in total. The lowest BCUT2D eigenvalue weighted by Crippen LogP contribution is -2.48. The van der Waals surface area contributed by atoms with E-state index in [2.05, 4.69) is 6.07 Å². The molecule has 1 atom stereocenters. The van der Waals surface area contributed by atoms with Crippen LogP contribution in [0.1, 0.15) is 46.7 Å². The summed E-state index contributed by atoms with van der Waals surface area (Å²) in [6.07, 6.45) is -9.08. The topological polar surface area (TPSA) is 47.3 Å². The molecule has 216 valence electrons. The SMILES string of the molecule is CN(CCc1cc(C(F)(F)F)cc(C(F)(F)F)c1)C(=O)C(c1ccccc1)N1CCC(C#N)(c2ccccc2)CC1. The second-order valence-corrected chi connectivity index (χ2v) is 10.3. The van der Waals surface area contributed by atoms with E-state index in [1.165, 1.54) is 11.9 Å². The monoisotopic (exact) mass is 573 g/mol. The molecule has 1 heterocycles. The zero-order valence-corrected chi connectivity index (χ0v) is 22.3. The van der Waals surface area contributed by atoms with Crippen LogP contribution in [0, 0.1) is 11.3 Å². The van der Waals surface area contributed by atoms with Crippen molar-refractivity contribution in [2.75, 3.05) is 26.7 Å². The van der Waals surface area contributed by atoms with Gasteiger partial charge in [0, 0.05) is 26.7 Å². The van der Waals surface area contributed by atoms with E-state index in [1.54, 1.807) is 12.1 Å². The fourth-order valence-electron chi connectivity index (χ4n) is 5.31. The Morgan fingerprint density at radius 1 is 0.902 bits per heavy atom. The Morgan fingerprint density at radius 3 is 1.90 bits per heavy atom. The summed E-state index contributed by atoms with van der Waals surface area (Å²) in [5, 5.41) is 10.1. The van der Waals surface area contributed by atoms with Crippen molar-refractivity contribution in [2.24, 2.45) is 0 Å². The number of benzene rings is 3. The Balaban J connectivity index is 1.54. The average Bonchev–Trinajstić information content (AvgIpc) is 2.96. The molecule has 0 aliphatic carbocycles. The third kappa shape index (κ3) is 6.91. The third-order valence-electron chi connectivity index (χ3n) is 7.67. The number of halogens is 6. The normalized spacial score (nSPS) is 16.5. The number of likely N-dealkylation sites (tertiary alicyclic amines) is 1. The Kier molecular flexibility index (Phi) is 8.78. The van der Waals surface area contributed by atoms with E-state index in [0.29, 0.717) is 43.6 Å². The lowest BCUT2D eigenvalue weighted by molar-refractivity contribution is -0.143. The number of piperidine rings is 1. The van der Waals surface area contributed by atoms with Crippen LogP contribution >= 0.6 is 0 Å². The molecule has 1 unspecified atom stereocenters. The van der Waals surface area contributed by atoms with Crippen LogP contribution in [-0.4, -0.2) is 42.4 Å². The molecule has 0 radical (unpaired) electrons. The van der Waals surface area contributed by atoms with Gasteiger partial charge in [0.2, 0.25) is 5.91 Å². The molecule has 1 amide bonds. The van der Waals surface area contributed by atoms with Gasteiger partial charge in [0.15, 0.2) is 0 Å². The van der Waals surface area contributed by atoms with Gasteiger partial charge in [-0.2, -0.15) is 31.6 Å². The van der Waals surface area contributed by atoms with E-state index in [9.17, 15) is 36.4 Å². The zero-order valence-electron chi connectivity index (χ0n) is 22.3. The minimum absolute atomic E-state index is 0.0826. The first-order valence-corrected chi connectivity index (χ1v) is 13.1. The second-order valence-electron chi connectivity index (χ2n) is 10.3. The first kappa shape index (κ1) is 30.1. The molecule has 0 bridgehead atoms. The van der Waals surface area contributed by atoms with Crippen molar-refractivity contribution in [3.8, 4) is 6.07 Å². The number of hydrogen-bond donors (Lipinski definition) is 0. The van der Waals surface area contributed by atoms with Crippen molar-refractivity contribution in [3.05, 3.63) is 107 Å². The molecule has 10 heteroatoms. The minimum Gasteiger partial charge on any atom is -0.344 e. The number of nitriles is 1. The summed E-state index contributed by atoms with van der Waals surface area (Å²) in [5.41, 5.74) is -1.98. The van der Waals surface area contributed by atoms with Gasteiger partial charge in [-0.15, -0.1) is 0 Å². The number of rotatable bonds is 7. The number of hydrogen-bond acceptors (Lipinski definition) is 3. The maximum absolute atomic E-state index is 13.8. The van der Waals surface area contributed by atoms with Gasteiger partial charge in [-0.25, -0.2) is 0 Å². The van der Waals surface area contributed by atoms with Crippen molar-refractivity contribution >= 4 is 5.91 Å². The number of carbonyl (C=O) groups excluding carboxylic acids is 1. The fraction of sp³-hybridized carbons (Fsp3) is 0.355. The summed E-state index contributed by atoms with van der Waals surface area (Å²) in [4.78, 5) is 17.1. The molecule has 3 aromatic carbocycles. The lowest BCUT2D eigenvalue weighted by atomic mass is 9.73. The summed E-state index contributed by atoms with van der Waals surface area (Å²) in [6, 6.07) is 21.7. The zero-order chi connectivity index (χ0) is 29.8. The molecule has 4 rings (SSSR count). The van der Waals surface area contributed by atoms with E-state index >= 15 is 0 Å². The molecule has 3 aromatic rings. The van der Waals surface area contributed by atoms with Crippen LogP contribution in [0.5, 0.6) is 0 Å². The number of likely N-dealkylation sites (N-methyl/N-ethyl adjacent to an activating group) is 1. The summed E-state index contributed by atoms with van der Waals surface area (Å²) in [6.45, 7) is 0.815. The van der Waals surface area contributed by atoms with E-state index in [1.807, 2.05) is 53.4 Å². The van der Waals surface area contributed by atoms with Gasteiger partial charge in [0.25, 0.3) is 0 Å². The molecule has 0 spiro atoms. The Labute approximate surface area is 234 Å². The predicted molar refractivity (Wildman–Crippen MR) is 142 cm³/mol. The van der Waals surface area contributed by atoms with Gasteiger partial charge in [-0.3, -0.25) is 9.69 Å². The van der Waals surface area contributed by atoms with Gasteiger partial charge in [0.05, 0.1) is 22.6 Å². The lowest BCUT2D eigenvalue weighted by Gasteiger charge is -2.41. The Morgan fingerprint density at radius 2 is 1.41 bits per heavy atom. The van der Waals surface area contributed by atoms with Crippen molar-refractivity contribution < 1.29 is 31.1 Å². The van der Waals surface area contributed by atoms with Crippen molar-refractivity contribution in [1.82, 2.24) is 9.80 Å². The highest BCUT2D eigenvalue weighted by Crippen LogP contribution is 2.39. The van der Waals surface area contributed by atoms with Crippen LogP contribution in [0.2, 0.25) is 0 Å². The van der Waals surface area contributed by atoms with Crippen LogP contribution in [0.3, 0.4) is 0 Å². The molecule has 0 aromatic heterocycles. The molecule has 1 aliphatic heterocycles. The van der Waals surface area contributed by atoms with Gasteiger partial charge in [-0.1, -0.05) is 60.7 Å². The summed E-state index contributed by atoms with van der Waals surface area (Å²) in [5.74, 6) is -0.330. The molecular weight excluding hydrogens is 544 g/mol. The van der Waals surface area contributed by atoms with Crippen molar-refractivity contribution in [1.29, 1.82) is 5.26 Å². The molecule has 1 fully saturated rings. The summed E-state index contributed by atoms with van der Waals surface area (Å²) < 4.78 is 79.8. The van der Waals surface area contributed by atoms with Crippen LogP contribution in [0.4, 0.5) is 26.3 Å². The number of carbonyl (C=O) groups is 1. The van der Waals surface area contributed by atoms with Gasteiger partial charge in [-0.05, 0) is 54.2 Å². The van der Waals surface area contributed by atoms with Crippen LogP contribution < -0.4 is 0 Å². The largest absolute Gasteiger partial charge is 0.416 e. The molecule has 0 N–H and O–H groups in total. The van der Waals surface area contributed by atoms with Crippen LogP contribution in [0.25, 0.3) is 0 Å². The summed E-state index contributed by atoms with van der Waals surface area (Å²) in [7, 11) is 1.49. The van der Waals surface area contributed by atoms with Crippen LogP contribution in [-0.2, 0) is 29.0 Å². The first-order chi connectivity index (χ1) is 19.3. The quantitative estimate of drug-likeness (QED) is 0.286. The van der Waals surface area contributed by atoms with Crippen LogP contribution in [0.15, 0.2) is 78.9 Å². The maximum Gasteiger partial charge on any atom is 0.416 e. The van der Waals surface area contributed by atoms with Gasteiger partial charge in [0.1, 0.15) is 6.04 Å². The number of nitrogens with zero attached hydrogens (tertiary/aromatic N) is 3.